The number of likely N-dealkylation sites (tertiary alicyclic amines) is 1. The van der Waals surface area contributed by atoms with Crippen LogP contribution in [0.15, 0.2) is 24.3 Å². The Bertz CT molecular complexity index is 530. The molecule has 1 fully saturated rings. The quantitative estimate of drug-likeness (QED) is 0.833. The SMILES string of the molecule is CC(CC(=O)O)C1CCCN(C(=O)c2cccc(N)c2)C1. The van der Waals surface area contributed by atoms with Gasteiger partial charge in [0.25, 0.3) is 5.91 Å². The standard InChI is InChI=1S/C16H22N2O3/c1-11(8-15(19)20)13-5-3-7-18(10-13)16(21)12-4-2-6-14(17)9-12/h2,4,6,9,11,13H,3,5,7-8,10,17H2,1H3,(H,19,20). The molecule has 0 aromatic heterocycles. The topological polar surface area (TPSA) is 83.6 Å². The normalized spacial score (nSPS) is 20.0. The Morgan fingerprint density at radius 2 is 2.24 bits per heavy atom. The molecule has 1 aliphatic heterocycles. The first-order chi connectivity index (χ1) is 9.97. The number of benzene rings is 1. The minimum Gasteiger partial charge on any atom is -0.481 e. The van der Waals surface area contributed by atoms with Crippen LogP contribution in [0, 0.1) is 11.8 Å². The van der Waals surface area contributed by atoms with Crippen molar-refractivity contribution < 1.29 is 14.7 Å². The summed E-state index contributed by atoms with van der Waals surface area (Å²) in [7, 11) is 0. The smallest absolute Gasteiger partial charge is 0.303 e. The van der Waals surface area contributed by atoms with Gasteiger partial charge in [0, 0.05) is 30.8 Å². The van der Waals surface area contributed by atoms with E-state index in [1.54, 1.807) is 24.3 Å². The summed E-state index contributed by atoms with van der Waals surface area (Å²) in [4.78, 5) is 25.1. The van der Waals surface area contributed by atoms with E-state index in [4.69, 9.17) is 10.8 Å². The summed E-state index contributed by atoms with van der Waals surface area (Å²) in [6.45, 7) is 3.30. The van der Waals surface area contributed by atoms with Crippen LogP contribution < -0.4 is 5.73 Å². The third-order valence-electron chi connectivity index (χ3n) is 4.18. The molecule has 0 saturated carbocycles. The molecule has 1 heterocycles. The first kappa shape index (κ1) is 15.4. The van der Waals surface area contributed by atoms with Gasteiger partial charge in [-0.05, 0) is 42.9 Å². The van der Waals surface area contributed by atoms with Gasteiger partial charge in [-0.2, -0.15) is 0 Å². The molecule has 1 aliphatic rings. The number of carboxylic acid groups (broad SMARTS) is 1. The second-order valence-corrected chi connectivity index (χ2v) is 5.85. The second-order valence-electron chi connectivity index (χ2n) is 5.85. The number of carbonyl (C=O) groups is 2. The fourth-order valence-corrected chi connectivity index (χ4v) is 2.96. The number of amides is 1. The van der Waals surface area contributed by atoms with Crippen LogP contribution in [0.25, 0.3) is 0 Å². The van der Waals surface area contributed by atoms with Crippen LogP contribution >= 0.6 is 0 Å². The number of nitrogen functional groups attached to an aromatic ring is 1. The number of anilines is 1. The van der Waals surface area contributed by atoms with E-state index in [1.165, 1.54) is 0 Å². The Morgan fingerprint density at radius 1 is 1.48 bits per heavy atom. The van der Waals surface area contributed by atoms with E-state index in [9.17, 15) is 9.59 Å². The number of hydrogen-bond donors (Lipinski definition) is 2. The zero-order chi connectivity index (χ0) is 15.4. The molecular weight excluding hydrogens is 268 g/mol. The number of nitrogens with zero attached hydrogens (tertiary/aromatic N) is 1. The van der Waals surface area contributed by atoms with Crippen molar-refractivity contribution in [2.24, 2.45) is 11.8 Å². The van der Waals surface area contributed by atoms with Crippen LogP contribution in [0.3, 0.4) is 0 Å². The molecule has 1 aromatic rings. The average Bonchev–Trinajstić information content (AvgIpc) is 2.46. The Morgan fingerprint density at radius 3 is 2.90 bits per heavy atom. The summed E-state index contributed by atoms with van der Waals surface area (Å²) in [6, 6.07) is 6.98. The highest BCUT2D eigenvalue weighted by Crippen LogP contribution is 2.27. The third kappa shape index (κ3) is 3.97. The summed E-state index contributed by atoms with van der Waals surface area (Å²) in [5, 5.41) is 8.90. The first-order valence-electron chi connectivity index (χ1n) is 7.34. The zero-order valence-electron chi connectivity index (χ0n) is 12.3. The highest BCUT2D eigenvalue weighted by molar-refractivity contribution is 5.95. The second kappa shape index (κ2) is 6.61. The van der Waals surface area contributed by atoms with Crippen molar-refractivity contribution in [2.75, 3.05) is 18.8 Å². The largest absolute Gasteiger partial charge is 0.481 e. The van der Waals surface area contributed by atoms with Gasteiger partial charge in [0.2, 0.25) is 0 Å². The van der Waals surface area contributed by atoms with Crippen LogP contribution in [-0.2, 0) is 4.79 Å². The molecule has 5 heteroatoms. The predicted molar refractivity (Wildman–Crippen MR) is 80.9 cm³/mol. The fourth-order valence-electron chi connectivity index (χ4n) is 2.96. The van der Waals surface area contributed by atoms with Gasteiger partial charge in [-0.25, -0.2) is 0 Å². The van der Waals surface area contributed by atoms with Crippen molar-refractivity contribution >= 4 is 17.6 Å². The van der Waals surface area contributed by atoms with Gasteiger partial charge in [-0.15, -0.1) is 0 Å². The van der Waals surface area contributed by atoms with Crippen molar-refractivity contribution in [2.45, 2.75) is 26.2 Å². The summed E-state index contributed by atoms with van der Waals surface area (Å²) in [5.74, 6) is -0.463. The van der Waals surface area contributed by atoms with Gasteiger partial charge in [-0.3, -0.25) is 9.59 Å². The van der Waals surface area contributed by atoms with Crippen molar-refractivity contribution in [3.05, 3.63) is 29.8 Å². The van der Waals surface area contributed by atoms with E-state index < -0.39 is 5.97 Å². The Labute approximate surface area is 124 Å². The minimum atomic E-state index is -0.776. The zero-order valence-corrected chi connectivity index (χ0v) is 12.3. The van der Waals surface area contributed by atoms with E-state index in [1.807, 2.05) is 11.8 Å². The maximum Gasteiger partial charge on any atom is 0.303 e. The van der Waals surface area contributed by atoms with Gasteiger partial charge in [0.05, 0.1) is 0 Å². The van der Waals surface area contributed by atoms with Gasteiger partial charge in [0.1, 0.15) is 0 Å². The van der Waals surface area contributed by atoms with E-state index in [-0.39, 0.29) is 24.2 Å². The Balaban J connectivity index is 2.03. The monoisotopic (exact) mass is 290 g/mol. The van der Waals surface area contributed by atoms with Crippen LogP contribution in [0.2, 0.25) is 0 Å². The molecule has 0 aliphatic carbocycles. The summed E-state index contributed by atoms with van der Waals surface area (Å²) < 4.78 is 0. The van der Waals surface area contributed by atoms with Gasteiger partial charge < -0.3 is 15.7 Å². The lowest BCUT2D eigenvalue weighted by atomic mass is 9.84. The molecule has 1 amide bonds. The van der Waals surface area contributed by atoms with E-state index in [0.29, 0.717) is 17.8 Å². The maximum atomic E-state index is 12.5. The molecule has 0 bridgehead atoms. The summed E-state index contributed by atoms with van der Waals surface area (Å²) in [6.07, 6.45) is 2.06. The van der Waals surface area contributed by atoms with Crippen molar-refractivity contribution in [1.82, 2.24) is 4.90 Å². The number of rotatable bonds is 4. The molecule has 21 heavy (non-hydrogen) atoms. The molecule has 0 radical (unpaired) electrons. The number of piperidine rings is 1. The number of nitrogens with two attached hydrogens (primary N) is 1. The first-order valence-corrected chi connectivity index (χ1v) is 7.34. The lowest BCUT2D eigenvalue weighted by Gasteiger charge is -2.35. The third-order valence-corrected chi connectivity index (χ3v) is 4.18. The molecule has 114 valence electrons. The van der Waals surface area contributed by atoms with Crippen LogP contribution in [-0.4, -0.2) is 35.0 Å². The number of hydrogen-bond acceptors (Lipinski definition) is 3. The van der Waals surface area contributed by atoms with Crippen molar-refractivity contribution in [3.8, 4) is 0 Å². The summed E-state index contributed by atoms with van der Waals surface area (Å²) >= 11 is 0. The average molecular weight is 290 g/mol. The van der Waals surface area contributed by atoms with Gasteiger partial charge in [0.15, 0.2) is 0 Å². The lowest BCUT2D eigenvalue weighted by Crippen LogP contribution is -2.42. The highest BCUT2D eigenvalue weighted by atomic mass is 16.4. The fraction of sp³-hybridized carbons (Fsp3) is 0.500. The minimum absolute atomic E-state index is 0.0190. The molecule has 5 nitrogen and oxygen atoms in total. The molecule has 2 unspecified atom stereocenters. The molecule has 1 aromatic carbocycles. The molecular formula is C16H22N2O3. The Kier molecular flexibility index (Phi) is 4.83. The number of carboxylic acids is 1. The van der Waals surface area contributed by atoms with Crippen molar-refractivity contribution in [3.63, 3.8) is 0 Å². The van der Waals surface area contributed by atoms with E-state index >= 15 is 0 Å². The molecule has 2 atom stereocenters. The van der Waals surface area contributed by atoms with E-state index in [2.05, 4.69) is 0 Å². The van der Waals surface area contributed by atoms with Gasteiger partial charge >= 0.3 is 5.97 Å². The predicted octanol–water partition coefficient (Wildman–Crippen LogP) is 2.23. The van der Waals surface area contributed by atoms with Crippen LogP contribution in [0.5, 0.6) is 0 Å². The summed E-state index contributed by atoms with van der Waals surface area (Å²) in [5.41, 5.74) is 6.90. The molecule has 2 rings (SSSR count). The molecule has 3 N–H and O–H groups in total. The van der Waals surface area contributed by atoms with Gasteiger partial charge in [-0.1, -0.05) is 13.0 Å². The highest BCUT2D eigenvalue weighted by Gasteiger charge is 2.28. The number of carbonyl (C=O) groups excluding carboxylic acids is 1. The van der Waals surface area contributed by atoms with E-state index in [0.717, 1.165) is 19.4 Å². The van der Waals surface area contributed by atoms with Crippen LogP contribution in [0.4, 0.5) is 5.69 Å². The maximum absolute atomic E-state index is 12.5. The lowest BCUT2D eigenvalue weighted by molar-refractivity contribution is -0.138. The van der Waals surface area contributed by atoms with Crippen LogP contribution in [0.1, 0.15) is 36.5 Å². The van der Waals surface area contributed by atoms with Crippen molar-refractivity contribution in [1.29, 1.82) is 0 Å². The molecule has 0 spiro atoms. The molecule has 1 saturated heterocycles. The Hall–Kier alpha value is -2.04. The number of aliphatic carboxylic acids is 1.